The molecule has 282 valence electrons. The number of benzene rings is 3. The fraction of sp³-hybridized carbons (Fsp3) is 0.522. The van der Waals surface area contributed by atoms with Gasteiger partial charge in [-0.25, -0.2) is 0 Å². The molecule has 3 aromatic rings. The third-order valence-corrected chi connectivity index (χ3v) is 20.0. The minimum atomic E-state index is -1.33. The summed E-state index contributed by atoms with van der Waals surface area (Å²) in [7, 11) is 2.48. The average Bonchev–Trinajstić information content (AvgIpc) is 3.70. The second-order valence-electron chi connectivity index (χ2n) is 16.1. The van der Waals surface area contributed by atoms with Crippen molar-refractivity contribution in [2.75, 3.05) is 25.0 Å². The van der Waals surface area contributed by atoms with Crippen LogP contribution in [0.1, 0.15) is 130 Å². The van der Waals surface area contributed by atoms with Crippen molar-refractivity contribution in [3.63, 3.8) is 0 Å². The van der Waals surface area contributed by atoms with Gasteiger partial charge in [0.15, 0.2) is 0 Å². The summed E-state index contributed by atoms with van der Waals surface area (Å²) in [4.78, 5) is 5.74. The quantitative estimate of drug-likeness (QED) is 0.242. The Morgan fingerprint density at radius 1 is 0.596 bits per heavy atom. The molecule has 1 aliphatic heterocycles. The van der Waals surface area contributed by atoms with Gasteiger partial charge in [-0.3, -0.25) is 4.90 Å². The molecule has 0 spiro atoms. The maximum atomic E-state index is 2.93. The second-order valence-corrected chi connectivity index (χ2v) is 21.3. The van der Waals surface area contributed by atoms with Crippen molar-refractivity contribution < 1.29 is 42.7 Å². The van der Waals surface area contributed by atoms with Gasteiger partial charge < -0.3 is 29.7 Å². The average molecular weight is 845 g/mol. The first-order chi connectivity index (χ1) is 24.4. The Morgan fingerprint density at radius 3 is 1.56 bits per heavy atom. The van der Waals surface area contributed by atoms with E-state index in [1.807, 2.05) is 5.54 Å². The molecule has 0 aromatic heterocycles. The molecule has 5 aliphatic rings. The van der Waals surface area contributed by atoms with Crippen LogP contribution in [-0.2, 0) is 17.9 Å². The first-order valence-corrected chi connectivity index (χ1v) is 23.0. The standard InChI is InChI=1S/C31H51N2P.C15H10.2ClH.Ru/c1-24-22-25(2)30(26(3)23-24)33-21-20-32(4)31(33)34(27-14-8-5-9-15-27,28-16-10-6-11-17-28)29-18-12-7-13-19-29;1-2-6-12(7-3-1)15-11-10-13-8-4-5-9-14(13)15;;;/h22-23,27-29H,5-21H2,1-4H3;1-9,11H;2*1H;/q;;;;+2/p-2. The van der Waals surface area contributed by atoms with Gasteiger partial charge >= 0.3 is 105 Å². The van der Waals surface area contributed by atoms with Gasteiger partial charge in [0, 0.05) is 18.8 Å². The molecule has 6 heteroatoms. The molecule has 0 amide bonds. The zero-order chi connectivity index (χ0) is 34.7. The van der Waals surface area contributed by atoms with Gasteiger partial charge in [-0.05, 0) is 94.4 Å². The number of allylic oxidation sites excluding steroid dienone is 1. The Morgan fingerprint density at radius 2 is 1.06 bits per heavy atom. The Kier molecular flexibility index (Phi) is 15.2. The van der Waals surface area contributed by atoms with Crippen LogP contribution < -0.4 is 29.7 Å². The van der Waals surface area contributed by atoms with E-state index in [1.165, 1.54) is 152 Å². The molecule has 1 saturated heterocycles. The molecule has 4 fully saturated rings. The summed E-state index contributed by atoms with van der Waals surface area (Å²) in [6.45, 7) is 8.12. The molecular formula is C46H61Cl2N2PRu. The summed E-state index contributed by atoms with van der Waals surface area (Å²) in [6, 6.07) is 24.0. The third-order valence-electron chi connectivity index (χ3n) is 12.9. The Hall–Kier alpha value is -1.47. The van der Waals surface area contributed by atoms with Gasteiger partial charge in [-0.15, -0.1) is 0 Å². The van der Waals surface area contributed by atoms with Gasteiger partial charge in [0.2, 0.25) is 0 Å². The summed E-state index contributed by atoms with van der Waals surface area (Å²) in [5.74, 6) is 0. The van der Waals surface area contributed by atoms with E-state index >= 15 is 0 Å². The van der Waals surface area contributed by atoms with Crippen LogP contribution in [0.25, 0.3) is 5.57 Å². The van der Waals surface area contributed by atoms with Gasteiger partial charge in [-0.2, -0.15) is 0 Å². The van der Waals surface area contributed by atoms with Crippen LogP contribution in [0.4, 0.5) is 5.69 Å². The molecule has 1 heterocycles. The van der Waals surface area contributed by atoms with E-state index in [0.717, 1.165) is 17.0 Å². The van der Waals surface area contributed by atoms with Crippen LogP contribution >= 0.6 is 6.89 Å². The van der Waals surface area contributed by atoms with E-state index < -0.39 is 6.89 Å². The van der Waals surface area contributed by atoms with Crippen LogP contribution in [-0.4, -0.2) is 51.7 Å². The van der Waals surface area contributed by atoms with Crippen LogP contribution in [0.3, 0.4) is 0 Å². The number of anilines is 1. The summed E-state index contributed by atoms with van der Waals surface area (Å²) >= 11 is 2.71. The predicted molar refractivity (Wildman–Crippen MR) is 217 cm³/mol. The fourth-order valence-corrected chi connectivity index (χ4v) is 19.3. The SMILES string of the molecule is Cc1cc(C)c(N2CCN(C)C2=P(C2CCCCC2)(C2CCCCC2)C2CCCCC2)c(C)c1.[Cl-].[Cl-].[Ru+2]=[C]1C=C(c2ccccc2)c2ccccc21. The molecule has 0 unspecified atom stereocenters. The van der Waals surface area contributed by atoms with Crippen LogP contribution in [0.2, 0.25) is 0 Å². The zero-order valence-electron chi connectivity index (χ0n) is 32.1. The van der Waals surface area contributed by atoms with Crippen molar-refractivity contribution in [2.45, 2.75) is 134 Å². The molecule has 8 rings (SSSR count). The number of likely N-dealkylation sites (N-methyl/N-ethyl adjacent to an activating group) is 1. The third kappa shape index (κ3) is 8.36. The van der Waals surface area contributed by atoms with Crippen molar-refractivity contribution in [3.8, 4) is 0 Å². The van der Waals surface area contributed by atoms with Crippen molar-refractivity contribution in [1.82, 2.24) is 4.90 Å². The monoisotopic (exact) mass is 844 g/mol. The molecule has 0 atom stereocenters. The summed E-state index contributed by atoms with van der Waals surface area (Å²) in [5.41, 5.74) is 16.1. The summed E-state index contributed by atoms with van der Waals surface area (Å²) in [5, 5.41) is 0. The van der Waals surface area contributed by atoms with Crippen LogP contribution in [0.15, 0.2) is 72.8 Å². The molecular weight excluding hydrogens is 783 g/mol. The van der Waals surface area contributed by atoms with Crippen molar-refractivity contribution in [1.29, 1.82) is 0 Å². The first-order valence-electron chi connectivity index (χ1n) is 20.1. The molecule has 0 radical (unpaired) electrons. The number of aryl methyl sites for hydroxylation is 3. The number of nitrogens with zero attached hydrogens (tertiary/aromatic N) is 2. The maximum absolute atomic E-state index is 2.93. The molecule has 3 saturated carbocycles. The second kappa shape index (κ2) is 18.9. The molecule has 0 N–H and O–H groups in total. The Bertz CT molecular complexity index is 1670. The fourth-order valence-electron chi connectivity index (χ4n) is 10.9. The van der Waals surface area contributed by atoms with Crippen molar-refractivity contribution in [3.05, 3.63) is 106 Å². The number of rotatable bonds is 5. The summed E-state index contributed by atoms with van der Waals surface area (Å²) < 4.78 is 1.29. The van der Waals surface area contributed by atoms with Gasteiger partial charge in [0.1, 0.15) is 0 Å². The van der Waals surface area contributed by atoms with Gasteiger partial charge in [-0.1, -0.05) is 82.4 Å². The number of hydrogen-bond donors (Lipinski definition) is 0. The van der Waals surface area contributed by atoms with E-state index in [2.05, 4.69) is 128 Å². The normalized spacial score (nSPS) is 20.4. The zero-order valence-corrected chi connectivity index (χ0v) is 36.3. The predicted octanol–water partition coefficient (Wildman–Crippen LogP) is 5.67. The van der Waals surface area contributed by atoms with Crippen LogP contribution in [0, 0.1) is 20.8 Å². The number of halogens is 2. The molecule has 3 aromatic carbocycles. The Labute approximate surface area is 338 Å². The van der Waals surface area contributed by atoms with Gasteiger partial charge in [0.25, 0.3) is 0 Å². The molecule has 4 aliphatic carbocycles. The van der Waals surface area contributed by atoms with Crippen LogP contribution in [0.5, 0.6) is 0 Å². The van der Waals surface area contributed by atoms with E-state index in [1.54, 1.807) is 5.69 Å². The topological polar surface area (TPSA) is 6.48 Å². The molecule has 2 nitrogen and oxygen atoms in total. The van der Waals surface area contributed by atoms with E-state index in [4.69, 9.17) is 0 Å². The van der Waals surface area contributed by atoms with E-state index in [-0.39, 0.29) is 24.8 Å². The van der Waals surface area contributed by atoms with Crippen molar-refractivity contribution in [2.24, 2.45) is 0 Å². The number of fused-ring (bicyclic) bond motifs is 1. The number of hydrogen-bond acceptors (Lipinski definition) is 0. The Balaban J connectivity index is 0.000000244. The van der Waals surface area contributed by atoms with E-state index in [0.29, 0.717) is 0 Å². The molecule has 0 bridgehead atoms. The first kappa shape index (κ1) is 41.7. The van der Waals surface area contributed by atoms with Gasteiger partial charge in [0.05, 0.1) is 5.54 Å². The minimum absolute atomic E-state index is 0. The molecule has 52 heavy (non-hydrogen) atoms. The van der Waals surface area contributed by atoms with Crippen molar-refractivity contribution >= 4 is 27.8 Å². The van der Waals surface area contributed by atoms with E-state index in [9.17, 15) is 0 Å². The summed E-state index contributed by atoms with van der Waals surface area (Å²) in [6.07, 6.45) is 24.8.